The van der Waals surface area contributed by atoms with Crippen LogP contribution < -0.4 is 0 Å². The SMILES string of the molecule is F[C]1C(F)(F)C(F)(F)C(F)C(F)(F)C1(F)F. The Morgan fingerprint density at radius 2 is 0.938 bits per heavy atom. The predicted molar refractivity (Wildman–Crippen MR) is 29.0 cm³/mol. The number of alkyl halides is 9. The van der Waals surface area contributed by atoms with Crippen LogP contribution in [0, 0.1) is 6.17 Å². The quantitative estimate of drug-likeness (QED) is 0.588. The van der Waals surface area contributed by atoms with E-state index in [1.807, 2.05) is 0 Å². The molecule has 10 heteroatoms. The Balaban J connectivity index is 3.39. The first-order valence-corrected chi connectivity index (χ1v) is 3.50. The molecule has 1 saturated carbocycles. The van der Waals surface area contributed by atoms with E-state index in [9.17, 15) is 43.9 Å². The van der Waals surface area contributed by atoms with Crippen molar-refractivity contribution in [3.05, 3.63) is 6.17 Å². The highest BCUT2D eigenvalue weighted by Crippen LogP contribution is 2.62. The van der Waals surface area contributed by atoms with Gasteiger partial charge in [0, 0.05) is 0 Å². The maximum atomic E-state index is 12.3. The molecule has 0 aromatic carbocycles. The summed E-state index contributed by atoms with van der Waals surface area (Å²) in [6.07, 6.45) is -9.44. The van der Waals surface area contributed by atoms with Gasteiger partial charge in [-0.2, -0.15) is 35.1 Å². The second-order valence-electron chi connectivity index (χ2n) is 3.07. The van der Waals surface area contributed by atoms with E-state index in [4.69, 9.17) is 0 Å². The molecule has 1 aliphatic carbocycles. The molecule has 0 bridgehead atoms. The summed E-state index contributed by atoms with van der Waals surface area (Å²) in [6.45, 7) is 0. The van der Waals surface area contributed by atoms with Gasteiger partial charge in [0.05, 0.1) is 0 Å². The summed E-state index contributed by atoms with van der Waals surface area (Å²) in [5.41, 5.74) is 0. The standard InChI is InChI=1S/C6HF10/c7-1-3(9,10)5(13,14)2(8)6(15,16)4(1,11)12/h1H. The average Bonchev–Trinajstić information content (AvgIpc) is 2.13. The molecule has 0 atom stereocenters. The molecule has 0 amide bonds. The van der Waals surface area contributed by atoms with Crippen LogP contribution in [0.4, 0.5) is 43.9 Å². The molecule has 1 aliphatic rings. The van der Waals surface area contributed by atoms with Crippen molar-refractivity contribution in [1.29, 1.82) is 0 Å². The second-order valence-corrected chi connectivity index (χ2v) is 3.07. The van der Waals surface area contributed by atoms with Crippen LogP contribution in [0.5, 0.6) is 0 Å². The van der Waals surface area contributed by atoms with E-state index >= 15 is 0 Å². The molecule has 16 heavy (non-hydrogen) atoms. The van der Waals surface area contributed by atoms with Crippen molar-refractivity contribution in [3.63, 3.8) is 0 Å². The van der Waals surface area contributed by atoms with Gasteiger partial charge in [0.2, 0.25) is 6.17 Å². The van der Waals surface area contributed by atoms with Crippen molar-refractivity contribution in [2.24, 2.45) is 0 Å². The lowest BCUT2D eigenvalue weighted by molar-refractivity contribution is -0.372. The van der Waals surface area contributed by atoms with Crippen LogP contribution in [0.2, 0.25) is 0 Å². The van der Waals surface area contributed by atoms with Crippen molar-refractivity contribution in [3.8, 4) is 0 Å². The van der Waals surface area contributed by atoms with E-state index < -0.39 is 36.0 Å². The maximum Gasteiger partial charge on any atom is 0.356 e. The topological polar surface area (TPSA) is 0 Å². The monoisotopic (exact) mass is 263 g/mol. The third kappa shape index (κ3) is 1.18. The van der Waals surface area contributed by atoms with Gasteiger partial charge in [0.1, 0.15) is 0 Å². The average molecular weight is 263 g/mol. The highest BCUT2D eigenvalue weighted by Gasteiger charge is 2.89. The van der Waals surface area contributed by atoms with Crippen LogP contribution in [-0.2, 0) is 0 Å². The Morgan fingerprint density at radius 3 is 1.19 bits per heavy atom. The van der Waals surface area contributed by atoms with Crippen LogP contribution >= 0.6 is 0 Å². The zero-order valence-electron chi connectivity index (χ0n) is 6.86. The zero-order chi connectivity index (χ0) is 13.2. The van der Waals surface area contributed by atoms with E-state index in [1.54, 1.807) is 0 Å². The molecule has 0 aromatic heterocycles. The molecule has 0 unspecified atom stereocenters. The molecule has 1 rings (SSSR count). The summed E-state index contributed by atoms with van der Waals surface area (Å²) >= 11 is 0. The molecule has 0 spiro atoms. The lowest BCUT2D eigenvalue weighted by Crippen LogP contribution is -2.71. The van der Waals surface area contributed by atoms with E-state index in [0.29, 0.717) is 0 Å². The van der Waals surface area contributed by atoms with Gasteiger partial charge in [-0.25, -0.2) is 8.78 Å². The van der Waals surface area contributed by atoms with Crippen LogP contribution in [0.1, 0.15) is 0 Å². The molecule has 1 fully saturated rings. The van der Waals surface area contributed by atoms with E-state index in [2.05, 4.69) is 0 Å². The molecular formula is C6HF10. The van der Waals surface area contributed by atoms with Crippen LogP contribution in [0.3, 0.4) is 0 Å². The number of hydrogen-bond donors (Lipinski definition) is 0. The summed E-state index contributed by atoms with van der Waals surface area (Å²) in [5.74, 6) is -25.1. The summed E-state index contributed by atoms with van der Waals surface area (Å²) < 4.78 is 123. The van der Waals surface area contributed by atoms with Crippen molar-refractivity contribution in [1.82, 2.24) is 0 Å². The molecular weight excluding hydrogens is 262 g/mol. The van der Waals surface area contributed by atoms with Crippen molar-refractivity contribution in [2.75, 3.05) is 0 Å². The van der Waals surface area contributed by atoms with Gasteiger partial charge in [-0.3, -0.25) is 0 Å². The van der Waals surface area contributed by atoms with Crippen molar-refractivity contribution < 1.29 is 43.9 Å². The molecule has 1 radical (unpaired) electrons. The van der Waals surface area contributed by atoms with Gasteiger partial charge in [-0.15, -0.1) is 0 Å². The number of halogens is 10. The molecule has 0 N–H and O–H groups in total. The normalized spacial score (nSPS) is 32.6. The highest BCUT2D eigenvalue weighted by molar-refractivity contribution is 5.24. The fourth-order valence-electron chi connectivity index (χ4n) is 1.04. The summed E-state index contributed by atoms with van der Waals surface area (Å²) in [6, 6.07) is 0. The van der Waals surface area contributed by atoms with Crippen LogP contribution in [-0.4, -0.2) is 29.9 Å². The minimum absolute atomic E-state index is 4.25. The minimum atomic E-state index is -6.29. The fraction of sp³-hybridized carbons (Fsp3) is 0.833. The molecule has 0 heterocycles. The zero-order valence-corrected chi connectivity index (χ0v) is 6.86. The Bertz CT molecular complexity index is 236. The minimum Gasteiger partial charge on any atom is -0.234 e. The van der Waals surface area contributed by atoms with Gasteiger partial charge >= 0.3 is 23.7 Å². The molecule has 95 valence electrons. The summed E-state index contributed by atoms with van der Waals surface area (Å²) in [4.78, 5) is 0. The first kappa shape index (κ1) is 13.4. The van der Waals surface area contributed by atoms with E-state index in [-0.39, 0.29) is 0 Å². The first-order valence-electron chi connectivity index (χ1n) is 3.50. The Labute approximate surface area is 81.2 Å². The Hall–Kier alpha value is -0.700. The van der Waals surface area contributed by atoms with Crippen LogP contribution in [0.15, 0.2) is 0 Å². The van der Waals surface area contributed by atoms with Crippen molar-refractivity contribution in [2.45, 2.75) is 29.9 Å². The lowest BCUT2D eigenvalue weighted by Gasteiger charge is -2.43. The fourth-order valence-corrected chi connectivity index (χ4v) is 1.04. The van der Waals surface area contributed by atoms with Gasteiger partial charge in [-0.05, 0) is 0 Å². The first-order chi connectivity index (χ1) is 6.81. The molecule has 0 aliphatic heterocycles. The van der Waals surface area contributed by atoms with Gasteiger partial charge < -0.3 is 0 Å². The Kier molecular flexibility index (Phi) is 2.46. The third-order valence-corrected chi connectivity index (χ3v) is 2.03. The second kappa shape index (κ2) is 2.95. The van der Waals surface area contributed by atoms with E-state index in [1.165, 1.54) is 0 Å². The van der Waals surface area contributed by atoms with Gasteiger partial charge in [-0.1, -0.05) is 0 Å². The summed E-state index contributed by atoms with van der Waals surface area (Å²) in [7, 11) is 0. The van der Waals surface area contributed by atoms with Gasteiger partial charge in [0.25, 0.3) is 6.17 Å². The Morgan fingerprint density at radius 1 is 0.688 bits per heavy atom. The molecule has 0 aromatic rings. The smallest absolute Gasteiger partial charge is 0.234 e. The highest BCUT2D eigenvalue weighted by atomic mass is 19.3. The largest absolute Gasteiger partial charge is 0.356 e. The van der Waals surface area contributed by atoms with Gasteiger partial charge in [0.15, 0.2) is 0 Å². The number of rotatable bonds is 0. The summed E-state index contributed by atoms with van der Waals surface area (Å²) in [5, 5.41) is 0. The number of hydrogen-bond acceptors (Lipinski definition) is 0. The third-order valence-electron chi connectivity index (χ3n) is 2.03. The van der Waals surface area contributed by atoms with E-state index in [0.717, 1.165) is 0 Å². The van der Waals surface area contributed by atoms with Crippen molar-refractivity contribution >= 4 is 0 Å². The van der Waals surface area contributed by atoms with Crippen LogP contribution in [0.25, 0.3) is 0 Å². The molecule has 0 saturated heterocycles. The lowest BCUT2D eigenvalue weighted by atomic mass is 9.83. The predicted octanol–water partition coefficient (Wildman–Crippen LogP) is 3.38. The molecule has 0 nitrogen and oxygen atoms in total. The maximum absolute atomic E-state index is 12.3.